The number of aromatic nitrogens is 2. The maximum atomic E-state index is 14.2. The fourth-order valence-electron chi connectivity index (χ4n) is 2.78. The highest BCUT2D eigenvalue weighted by Crippen LogP contribution is 2.37. The Morgan fingerprint density at radius 1 is 1.33 bits per heavy atom. The molecule has 0 saturated heterocycles. The van der Waals surface area contributed by atoms with Crippen LogP contribution in [0.5, 0.6) is 5.75 Å². The van der Waals surface area contributed by atoms with E-state index >= 15 is 0 Å². The Hall–Kier alpha value is -2.56. The number of rotatable bonds is 1. The molecule has 1 aliphatic rings. The van der Waals surface area contributed by atoms with E-state index in [1.165, 1.54) is 6.07 Å². The fourth-order valence-corrected chi connectivity index (χ4v) is 2.78. The summed E-state index contributed by atoms with van der Waals surface area (Å²) in [5.74, 6) is -0.0287. The predicted octanol–water partition coefficient (Wildman–Crippen LogP) is 3.18. The molecule has 0 bridgehead atoms. The highest BCUT2D eigenvalue weighted by Gasteiger charge is 2.17. The van der Waals surface area contributed by atoms with Gasteiger partial charge in [-0.25, -0.2) is 4.39 Å². The number of hydrogen-bond acceptors (Lipinski definition) is 3. The quantitative estimate of drug-likeness (QED) is 0.745. The van der Waals surface area contributed by atoms with Crippen molar-refractivity contribution < 1.29 is 9.13 Å². The Labute approximate surface area is 121 Å². The normalized spacial score (nSPS) is 13.6. The Morgan fingerprint density at radius 2 is 2.24 bits per heavy atom. The van der Waals surface area contributed by atoms with Gasteiger partial charge in [0.1, 0.15) is 6.61 Å². The number of fused-ring (bicyclic) bond motifs is 2. The summed E-state index contributed by atoms with van der Waals surface area (Å²) in [7, 11) is 1.88. The van der Waals surface area contributed by atoms with Crippen molar-refractivity contribution in [3.63, 3.8) is 0 Å². The van der Waals surface area contributed by atoms with E-state index in [9.17, 15) is 4.39 Å². The van der Waals surface area contributed by atoms with Gasteiger partial charge >= 0.3 is 0 Å². The molecule has 5 heteroatoms. The molecule has 0 radical (unpaired) electrons. The van der Waals surface area contributed by atoms with Gasteiger partial charge in [0.15, 0.2) is 11.6 Å². The summed E-state index contributed by atoms with van der Waals surface area (Å²) in [6, 6.07) is 9.32. The number of nitrogens with zero attached hydrogens (tertiary/aromatic N) is 2. The molecular weight excluding hydrogens is 269 g/mol. The molecule has 0 saturated carbocycles. The lowest BCUT2D eigenvalue weighted by molar-refractivity contribution is 0.306. The summed E-state index contributed by atoms with van der Waals surface area (Å²) in [6.45, 7) is 1.18. The van der Waals surface area contributed by atoms with E-state index in [0.29, 0.717) is 24.6 Å². The van der Waals surface area contributed by atoms with Crippen LogP contribution < -0.4 is 10.1 Å². The van der Waals surface area contributed by atoms with Crippen molar-refractivity contribution in [2.75, 3.05) is 18.5 Å². The Morgan fingerprint density at radius 3 is 3.14 bits per heavy atom. The lowest BCUT2D eigenvalue weighted by Crippen LogP contribution is -2.18. The number of hydrogen-bond donors (Lipinski definition) is 1. The standard InChI is InChI=1S/C16H14FN3O/c1-20-9-12-11(3-2-4-14(12)19-20)10-7-13(17)16-15(8-10)18-5-6-21-16/h2-4,7-9,18H,5-6H2,1H3. The summed E-state index contributed by atoms with van der Waals surface area (Å²) < 4.78 is 21.4. The maximum Gasteiger partial charge on any atom is 0.178 e. The van der Waals surface area contributed by atoms with Gasteiger partial charge in [0.05, 0.1) is 11.2 Å². The largest absolute Gasteiger partial charge is 0.486 e. The van der Waals surface area contributed by atoms with Gasteiger partial charge in [-0.15, -0.1) is 0 Å². The number of anilines is 1. The van der Waals surface area contributed by atoms with Crippen LogP contribution in [-0.4, -0.2) is 22.9 Å². The molecule has 0 fully saturated rings. The third-order valence-electron chi connectivity index (χ3n) is 3.68. The van der Waals surface area contributed by atoms with Gasteiger partial charge in [0.25, 0.3) is 0 Å². The third-order valence-corrected chi connectivity index (χ3v) is 3.68. The number of ether oxygens (including phenoxy) is 1. The lowest BCUT2D eigenvalue weighted by Gasteiger charge is -2.20. The number of benzene rings is 2. The minimum absolute atomic E-state index is 0.309. The maximum absolute atomic E-state index is 14.2. The molecular formula is C16H14FN3O. The third kappa shape index (κ3) is 1.93. The topological polar surface area (TPSA) is 39.1 Å². The van der Waals surface area contributed by atoms with Crippen LogP contribution in [0, 0.1) is 5.82 Å². The molecule has 4 nitrogen and oxygen atoms in total. The molecule has 1 aromatic heterocycles. The second kappa shape index (κ2) is 4.48. The highest BCUT2D eigenvalue weighted by atomic mass is 19.1. The second-order valence-corrected chi connectivity index (χ2v) is 5.15. The molecule has 106 valence electrons. The van der Waals surface area contributed by atoms with Crippen LogP contribution in [-0.2, 0) is 7.05 Å². The first-order valence-corrected chi connectivity index (χ1v) is 6.85. The van der Waals surface area contributed by atoms with Crippen molar-refractivity contribution in [1.82, 2.24) is 9.78 Å². The van der Waals surface area contributed by atoms with Gasteiger partial charge in [-0.3, -0.25) is 4.68 Å². The summed E-state index contributed by atoms with van der Waals surface area (Å²) in [6.07, 6.45) is 1.95. The van der Waals surface area contributed by atoms with Crippen molar-refractivity contribution in [3.05, 3.63) is 42.3 Å². The average Bonchev–Trinajstić information content (AvgIpc) is 2.87. The summed E-state index contributed by atoms with van der Waals surface area (Å²) >= 11 is 0. The number of aryl methyl sites for hydroxylation is 1. The van der Waals surface area contributed by atoms with Crippen LogP contribution in [0.2, 0.25) is 0 Å². The van der Waals surface area contributed by atoms with Crippen molar-refractivity contribution >= 4 is 16.6 Å². The molecule has 0 spiro atoms. The summed E-state index contributed by atoms with van der Waals surface area (Å²) in [5, 5.41) is 8.58. The Bertz CT molecular complexity index is 841. The molecule has 3 aromatic rings. The van der Waals surface area contributed by atoms with Gasteiger partial charge in [0.2, 0.25) is 0 Å². The molecule has 0 atom stereocenters. The zero-order chi connectivity index (χ0) is 14.4. The minimum Gasteiger partial charge on any atom is -0.486 e. The van der Waals surface area contributed by atoms with Gasteiger partial charge in [-0.05, 0) is 29.3 Å². The molecule has 0 aliphatic carbocycles. The SMILES string of the molecule is Cn1cc2c(-c3cc(F)c4c(c3)NCCO4)cccc2n1. The van der Waals surface area contributed by atoms with Crippen LogP contribution in [0.3, 0.4) is 0 Å². The molecule has 1 N–H and O–H groups in total. The monoisotopic (exact) mass is 283 g/mol. The molecule has 4 rings (SSSR count). The Balaban J connectivity index is 1.94. The van der Waals surface area contributed by atoms with Crippen molar-refractivity contribution in [1.29, 1.82) is 0 Å². The molecule has 2 heterocycles. The van der Waals surface area contributed by atoms with E-state index < -0.39 is 0 Å². The fraction of sp³-hybridized carbons (Fsp3) is 0.188. The number of halogens is 1. The average molecular weight is 283 g/mol. The highest BCUT2D eigenvalue weighted by molar-refractivity contribution is 5.95. The molecule has 21 heavy (non-hydrogen) atoms. The lowest BCUT2D eigenvalue weighted by atomic mass is 10.0. The zero-order valence-electron chi connectivity index (χ0n) is 11.6. The van der Waals surface area contributed by atoms with Gasteiger partial charge < -0.3 is 10.1 Å². The van der Waals surface area contributed by atoms with Crippen molar-refractivity contribution in [3.8, 4) is 16.9 Å². The molecule has 0 unspecified atom stereocenters. The summed E-state index contributed by atoms with van der Waals surface area (Å²) in [4.78, 5) is 0. The van der Waals surface area contributed by atoms with E-state index in [0.717, 1.165) is 22.0 Å². The predicted molar refractivity (Wildman–Crippen MR) is 80.1 cm³/mol. The first kappa shape index (κ1) is 12.2. The zero-order valence-corrected chi connectivity index (χ0v) is 11.6. The van der Waals surface area contributed by atoms with E-state index in [2.05, 4.69) is 10.4 Å². The van der Waals surface area contributed by atoms with E-state index in [-0.39, 0.29) is 5.82 Å². The van der Waals surface area contributed by atoms with Crippen LogP contribution in [0.4, 0.5) is 10.1 Å². The van der Waals surface area contributed by atoms with Crippen LogP contribution in [0.1, 0.15) is 0 Å². The first-order chi connectivity index (χ1) is 10.2. The minimum atomic E-state index is -0.337. The smallest absolute Gasteiger partial charge is 0.178 e. The van der Waals surface area contributed by atoms with Gasteiger partial charge in [-0.1, -0.05) is 12.1 Å². The Kier molecular flexibility index (Phi) is 2.60. The van der Waals surface area contributed by atoms with E-state index in [1.54, 1.807) is 4.68 Å². The summed E-state index contributed by atoms with van der Waals surface area (Å²) in [5.41, 5.74) is 3.40. The van der Waals surface area contributed by atoms with Crippen molar-refractivity contribution in [2.24, 2.45) is 7.05 Å². The van der Waals surface area contributed by atoms with Crippen LogP contribution in [0.15, 0.2) is 36.5 Å². The van der Waals surface area contributed by atoms with E-state index in [1.807, 2.05) is 37.5 Å². The van der Waals surface area contributed by atoms with Gasteiger partial charge in [0, 0.05) is 25.2 Å². The number of nitrogens with one attached hydrogen (secondary N) is 1. The van der Waals surface area contributed by atoms with Crippen LogP contribution >= 0.6 is 0 Å². The van der Waals surface area contributed by atoms with Crippen LogP contribution in [0.25, 0.3) is 22.0 Å². The molecule has 0 amide bonds. The van der Waals surface area contributed by atoms with Crippen molar-refractivity contribution in [2.45, 2.75) is 0 Å². The van der Waals surface area contributed by atoms with E-state index in [4.69, 9.17) is 4.74 Å². The first-order valence-electron chi connectivity index (χ1n) is 6.85. The molecule has 2 aromatic carbocycles. The van der Waals surface area contributed by atoms with Gasteiger partial charge in [-0.2, -0.15) is 5.10 Å². The second-order valence-electron chi connectivity index (χ2n) is 5.15. The molecule has 1 aliphatic heterocycles.